The number of aromatic nitrogens is 1. The van der Waals surface area contributed by atoms with Crippen LogP contribution in [0.4, 0.5) is 5.13 Å². The molecule has 26 heavy (non-hydrogen) atoms. The van der Waals surface area contributed by atoms with Gasteiger partial charge in [0.1, 0.15) is 5.69 Å². The number of rotatable bonds is 5. The quantitative estimate of drug-likeness (QED) is 0.869. The van der Waals surface area contributed by atoms with Crippen LogP contribution in [0.25, 0.3) is 0 Å². The van der Waals surface area contributed by atoms with E-state index in [0.29, 0.717) is 35.5 Å². The van der Waals surface area contributed by atoms with Gasteiger partial charge in [0.2, 0.25) is 5.91 Å². The number of carbonyl (C=O) groups is 2. The maximum atomic E-state index is 12.7. The Morgan fingerprint density at radius 2 is 1.88 bits per heavy atom. The highest BCUT2D eigenvalue weighted by atomic mass is 32.1. The molecule has 1 aromatic carbocycles. The van der Waals surface area contributed by atoms with Gasteiger partial charge in [0.15, 0.2) is 5.13 Å². The Morgan fingerprint density at radius 3 is 2.58 bits per heavy atom. The fourth-order valence-electron chi connectivity index (χ4n) is 3.50. The van der Waals surface area contributed by atoms with Crippen molar-refractivity contribution in [3.05, 3.63) is 47.0 Å². The molecule has 0 bridgehead atoms. The molecule has 0 aliphatic carbocycles. The summed E-state index contributed by atoms with van der Waals surface area (Å²) in [4.78, 5) is 31.0. The molecule has 2 amide bonds. The summed E-state index contributed by atoms with van der Waals surface area (Å²) in [6, 6.07) is 9.91. The Balaban J connectivity index is 1.54. The second-order valence-corrected chi connectivity index (χ2v) is 8.09. The van der Waals surface area contributed by atoms with Gasteiger partial charge in [-0.05, 0) is 30.2 Å². The van der Waals surface area contributed by atoms with Crippen LogP contribution in [0.5, 0.6) is 0 Å². The first-order chi connectivity index (χ1) is 12.5. The molecule has 1 saturated heterocycles. The number of thiazole rings is 1. The Labute approximate surface area is 158 Å². The molecule has 138 valence electrons. The average Bonchev–Trinajstić information content (AvgIpc) is 3.08. The maximum absolute atomic E-state index is 12.7. The number of hydrogen-bond donors (Lipinski definition) is 1. The highest BCUT2D eigenvalue weighted by molar-refractivity contribution is 7.14. The minimum absolute atomic E-state index is 0.0376. The summed E-state index contributed by atoms with van der Waals surface area (Å²) in [6.07, 6.45) is 2.24. The lowest BCUT2D eigenvalue weighted by Crippen LogP contribution is -2.42. The predicted octanol–water partition coefficient (Wildman–Crippen LogP) is 3.83. The van der Waals surface area contributed by atoms with Crippen molar-refractivity contribution < 1.29 is 9.59 Å². The van der Waals surface area contributed by atoms with Gasteiger partial charge in [0.25, 0.3) is 5.91 Å². The molecule has 2 heterocycles. The van der Waals surface area contributed by atoms with Gasteiger partial charge in [-0.3, -0.25) is 9.59 Å². The molecule has 5 nitrogen and oxygen atoms in total. The summed E-state index contributed by atoms with van der Waals surface area (Å²) >= 11 is 1.30. The molecule has 1 aliphatic rings. The Bertz CT molecular complexity index is 749. The molecule has 0 spiro atoms. The highest BCUT2D eigenvalue weighted by Crippen LogP contribution is 2.24. The minimum Gasteiger partial charge on any atom is -0.337 e. The smallest absolute Gasteiger partial charge is 0.273 e. The number of piperidine rings is 1. The lowest BCUT2D eigenvalue weighted by Gasteiger charge is -2.34. The summed E-state index contributed by atoms with van der Waals surface area (Å²) in [7, 11) is 0. The van der Waals surface area contributed by atoms with E-state index in [2.05, 4.69) is 24.1 Å². The Morgan fingerprint density at radius 1 is 1.19 bits per heavy atom. The van der Waals surface area contributed by atoms with Gasteiger partial charge in [0.05, 0.1) is 0 Å². The predicted molar refractivity (Wildman–Crippen MR) is 104 cm³/mol. The third-order valence-corrected chi connectivity index (χ3v) is 5.37. The molecule has 1 fully saturated rings. The molecule has 0 radical (unpaired) electrons. The van der Waals surface area contributed by atoms with Gasteiger partial charge in [-0.1, -0.05) is 44.2 Å². The molecule has 2 aromatic rings. The summed E-state index contributed by atoms with van der Waals surface area (Å²) in [5.74, 6) is 0.906. The molecule has 0 saturated carbocycles. The molecule has 1 N–H and O–H groups in total. The van der Waals surface area contributed by atoms with E-state index in [-0.39, 0.29) is 11.8 Å². The zero-order valence-corrected chi connectivity index (χ0v) is 16.1. The monoisotopic (exact) mass is 371 g/mol. The number of aryl methyl sites for hydroxylation is 1. The fraction of sp³-hybridized carbons (Fsp3) is 0.450. The van der Waals surface area contributed by atoms with Crippen molar-refractivity contribution in [1.29, 1.82) is 0 Å². The van der Waals surface area contributed by atoms with Crippen LogP contribution in [0, 0.1) is 11.8 Å². The summed E-state index contributed by atoms with van der Waals surface area (Å²) < 4.78 is 0. The zero-order chi connectivity index (χ0) is 18.5. The zero-order valence-electron chi connectivity index (χ0n) is 15.3. The molecular formula is C20H25N3O2S. The van der Waals surface area contributed by atoms with Crippen molar-refractivity contribution in [2.45, 2.75) is 33.1 Å². The van der Waals surface area contributed by atoms with Gasteiger partial charge in [0, 0.05) is 24.9 Å². The first-order valence-corrected chi connectivity index (χ1v) is 9.98. The van der Waals surface area contributed by atoms with Gasteiger partial charge in [-0.25, -0.2) is 4.98 Å². The van der Waals surface area contributed by atoms with Gasteiger partial charge >= 0.3 is 0 Å². The van der Waals surface area contributed by atoms with Crippen molar-refractivity contribution in [3.8, 4) is 0 Å². The van der Waals surface area contributed by atoms with Crippen molar-refractivity contribution in [3.63, 3.8) is 0 Å². The SMILES string of the molecule is CC1CC(C)CN(C(=O)c2csc(NC(=O)CCc3ccccc3)n2)C1. The lowest BCUT2D eigenvalue weighted by molar-refractivity contribution is -0.116. The fourth-order valence-corrected chi connectivity index (χ4v) is 4.21. The summed E-state index contributed by atoms with van der Waals surface area (Å²) in [5.41, 5.74) is 1.56. The van der Waals surface area contributed by atoms with E-state index in [1.165, 1.54) is 11.3 Å². The number of nitrogens with zero attached hydrogens (tertiary/aromatic N) is 2. The molecule has 6 heteroatoms. The van der Waals surface area contributed by atoms with E-state index < -0.39 is 0 Å². The van der Waals surface area contributed by atoms with Gasteiger partial charge in [-0.15, -0.1) is 11.3 Å². The number of amides is 2. The largest absolute Gasteiger partial charge is 0.337 e. The third-order valence-electron chi connectivity index (χ3n) is 4.61. The molecular weight excluding hydrogens is 346 g/mol. The molecule has 3 rings (SSSR count). The average molecular weight is 372 g/mol. The third kappa shape index (κ3) is 4.91. The van der Waals surface area contributed by atoms with E-state index in [4.69, 9.17) is 0 Å². The topological polar surface area (TPSA) is 62.3 Å². The Kier molecular flexibility index (Phi) is 6.04. The molecule has 2 atom stereocenters. The number of likely N-dealkylation sites (tertiary alicyclic amines) is 1. The van der Waals surface area contributed by atoms with Crippen LogP contribution in [0.1, 0.15) is 42.7 Å². The Hall–Kier alpha value is -2.21. The molecule has 1 aliphatic heterocycles. The maximum Gasteiger partial charge on any atom is 0.273 e. The number of hydrogen-bond acceptors (Lipinski definition) is 4. The van der Waals surface area contributed by atoms with Crippen LogP contribution < -0.4 is 5.32 Å². The van der Waals surface area contributed by atoms with Gasteiger partial charge < -0.3 is 10.2 Å². The van der Waals surface area contributed by atoms with E-state index in [1.54, 1.807) is 5.38 Å². The van der Waals surface area contributed by atoms with E-state index in [0.717, 1.165) is 25.1 Å². The van der Waals surface area contributed by atoms with Crippen molar-refractivity contribution in [2.75, 3.05) is 18.4 Å². The van der Waals surface area contributed by atoms with E-state index in [1.807, 2.05) is 35.2 Å². The minimum atomic E-state index is -0.0811. The number of carbonyl (C=O) groups excluding carboxylic acids is 2. The van der Waals surface area contributed by atoms with Crippen molar-refractivity contribution in [2.24, 2.45) is 11.8 Å². The van der Waals surface area contributed by atoms with E-state index in [9.17, 15) is 9.59 Å². The van der Waals surface area contributed by atoms with E-state index >= 15 is 0 Å². The van der Waals surface area contributed by atoms with Crippen molar-refractivity contribution >= 4 is 28.3 Å². The second-order valence-electron chi connectivity index (χ2n) is 7.23. The van der Waals surface area contributed by atoms with Crippen LogP contribution in [0.3, 0.4) is 0 Å². The van der Waals surface area contributed by atoms with Crippen molar-refractivity contribution in [1.82, 2.24) is 9.88 Å². The van der Waals surface area contributed by atoms with Crippen LogP contribution in [0.15, 0.2) is 35.7 Å². The standard InChI is InChI=1S/C20H25N3O2S/c1-14-10-15(2)12-23(11-14)19(25)17-13-26-20(21-17)22-18(24)9-8-16-6-4-3-5-7-16/h3-7,13-15H,8-12H2,1-2H3,(H,21,22,24). The van der Waals surface area contributed by atoms with Gasteiger partial charge in [-0.2, -0.15) is 0 Å². The highest BCUT2D eigenvalue weighted by Gasteiger charge is 2.27. The second kappa shape index (κ2) is 8.45. The number of benzene rings is 1. The molecule has 2 unspecified atom stereocenters. The van der Waals surface area contributed by atoms with Crippen LogP contribution >= 0.6 is 11.3 Å². The van der Waals surface area contributed by atoms with Crippen LogP contribution in [-0.2, 0) is 11.2 Å². The summed E-state index contributed by atoms with van der Waals surface area (Å²) in [5, 5.41) is 5.03. The first kappa shape index (κ1) is 18.6. The lowest BCUT2D eigenvalue weighted by atomic mass is 9.92. The van der Waals surface area contributed by atoms with Crippen LogP contribution in [0.2, 0.25) is 0 Å². The van der Waals surface area contributed by atoms with Crippen LogP contribution in [-0.4, -0.2) is 34.8 Å². The summed E-state index contributed by atoms with van der Waals surface area (Å²) in [6.45, 7) is 5.91. The molecule has 1 aromatic heterocycles. The number of anilines is 1. The normalized spacial score (nSPS) is 20.0. The first-order valence-electron chi connectivity index (χ1n) is 9.10. The number of nitrogens with one attached hydrogen (secondary N) is 1.